The summed E-state index contributed by atoms with van der Waals surface area (Å²) in [6.45, 7) is 2.09. The zero-order valence-corrected chi connectivity index (χ0v) is 14.8. The zero-order valence-electron chi connectivity index (χ0n) is 14.8. The number of carbonyl (C=O) groups is 1. The van der Waals surface area contributed by atoms with Gasteiger partial charge in [0.2, 0.25) is 0 Å². The van der Waals surface area contributed by atoms with Crippen LogP contribution in [0.2, 0.25) is 0 Å². The monoisotopic (exact) mass is 367 g/mol. The summed E-state index contributed by atoms with van der Waals surface area (Å²) < 4.78 is 40.5. The first kappa shape index (κ1) is 17.7. The first-order valence-electron chi connectivity index (χ1n) is 9.39. The third-order valence-corrected chi connectivity index (χ3v) is 6.70. The second kappa shape index (κ2) is 6.17. The van der Waals surface area contributed by atoms with Crippen LogP contribution in [-0.4, -0.2) is 18.3 Å². The number of amides is 1. The van der Waals surface area contributed by atoms with Gasteiger partial charge in [-0.2, -0.15) is 0 Å². The maximum Gasteiger partial charge on any atom is 0.573 e. The minimum absolute atomic E-state index is 0.0782. The highest BCUT2D eigenvalue weighted by Gasteiger charge is 2.53. The molecule has 6 heteroatoms. The highest BCUT2D eigenvalue weighted by molar-refractivity contribution is 5.94. The van der Waals surface area contributed by atoms with Crippen molar-refractivity contribution in [3.8, 4) is 5.75 Å². The number of hydrogen-bond donors (Lipinski definition) is 1. The van der Waals surface area contributed by atoms with Crippen LogP contribution in [0.3, 0.4) is 0 Å². The molecule has 4 bridgehead atoms. The molecule has 1 amide bonds. The second-order valence-corrected chi connectivity index (χ2v) is 8.55. The highest BCUT2D eigenvalue weighted by atomic mass is 19.4. The number of ether oxygens (including phenoxy) is 1. The van der Waals surface area contributed by atoms with Gasteiger partial charge in [-0.25, -0.2) is 0 Å². The summed E-state index contributed by atoms with van der Waals surface area (Å²) in [5.74, 6) is 1.87. The molecule has 4 aliphatic rings. The van der Waals surface area contributed by atoms with Gasteiger partial charge in [0.05, 0.1) is 0 Å². The molecule has 1 aromatic rings. The van der Waals surface area contributed by atoms with Gasteiger partial charge < -0.3 is 10.1 Å². The summed E-state index contributed by atoms with van der Waals surface area (Å²) in [7, 11) is 0. The third-order valence-electron chi connectivity index (χ3n) is 6.70. The molecule has 0 heterocycles. The summed E-state index contributed by atoms with van der Waals surface area (Å²) in [5, 5.41) is 3.12. The third kappa shape index (κ3) is 3.42. The largest absolute Gasteiger partial charge is 0.573 e. The number of benzene rings is 1. The van der Waals surface area contributed by atoms with Crippen LogP contribution in [0, 0.1) is 23.2 Å². The number of alkyl halides is 3. The standard InChI is InChI=1S/C20H24F3NO2/c1-12(19-9-13-6-14(10-19)8-15(7-13)11-19)24-18(25)16-2-4-17(5-3-16)26-20(21,22)23/h2-5,12-15H,6-11H2,1H3,(H,24,25). The predicted molar refractivity (Wildman–Crippen MR) is 90.7 cm³/mol. The minimum Gasteiger partial charge on any atom is -0.406 e. The van der Waals surface area contributed by atoms with E-state index in [1.54, 1.807) is 0 Å². The molecule has 26 heavy (non-hydrogen) atoms. The van der Waals surface area contributed by atoms with E-state index in [9.17, 15) is 18.0 Å². The molecule has 0 radical (unpaired) electrons. The molecule has 0 aliphatic heterocycles. The van der Waals surface area contributed by atoms with Crippen LogP contribution in [0.1, 0.15) is 55.8 Å². The van der Waals surface area contributed by atoms with Crippen LogP contribution in [-0.2, 0) is 0 Å². The molecule has 0 saturated heterocycles. The van der Waals surface area contributed by atoms with E-state index in [0.29, 0.717) is 5.56 Å². The quantitative estimate of drug-likeness (QED) is 0.820. The van der Waals surface area contributed by atoms with Crippen LogP contribution in [0.4, 0.5) is 13.2 Å². The lowest BCUT2D eigenvalue weighted by molar-refractivity contribution is -0.274. The van der Waals surface area contributed by atoms with Crippen LogP contribution in [0.25, 0.3) is 0 Å². The Kier molecular flexibility index (Phi) is 4.20. The van der Waals surface area contributed by atoms with Gasteiger partial charge >= 0.3 is 6.36 Å². The topological polar surface area (TPSA) is 38.3 Å². The van der Waals surface area contributed by atoms with Crippen molar-refractivity contribution in [2.24, 2.45) is 23.2 Å². The number of halogens is 3. The van der Waals surface area contributed by atoms with E-state index in [4.69, 9.17) is 0 Å². The molecule has 5 rings (SSSR count). The van der Waals surface area contributed by atoms with Crippen molar-refractivity contribution >= 4 is 5.91 Å². The highest BCUT2D eigenvalue weighted by Crippen LogP contribution is 2.61. The Labute approximate surface area is 151 Å². The molecule has 142 valence electrons. The summed E-state index contributed by atoms with van der Waals surface area (Å²) in [6, 6.07) is 5.19. The van der Waals surface area contributed by atoms with Crippen molar-refractivity contribution in [1.29, 1.82) is 0 Å². The van der Waals surface area contributed by atoms with Crippen molar-refractivity contribution in [3.05, 3.63) is 29.8 Å². The van der Waals surface area contributed by atoms with Gasteiger partial charge in [-0.15, -0.1) is 13.2 Å². The summed E-state index contributed by atoms with van der Waals surface area (Å²) in [5.41, 5.74) is 0.556. The molecule has 1 aromatic carbocycles. The Morgan fingerprint density at radius 2 is 1.58 bits per heavy atom. The maximum atomic E-state index is 12.6. The predicted octanol–water partition coefficient (Wildman–Crippen LogP) is 4.92. The minimum atomic E-state index is -4.73. The number of hydrogen-bond acceptors (Lipinski definition) is 2. The smallest absolute Gasteiger partial charge is 0.406 e. The van der Waals surface area contributed by atoms with E-state index in [1.807, 2.05) is 0 Å². The Morgan fingerprint density at radius 1 is 1.08 bits per heavy atom. The van der Waals surface area contributed by atoms with E-state index in [2.05, 4.69) is 17.0 Å². The van der Waals surface area contributed by atoms with Gasteiger partial charge in [-0.3, -0.25) is 4.79 Å². The molecular weight excluding hydrogens is 343 g/mol. The SMILES string of the molecule is CC(NC(=O)c1ccc(OC(F)(F)F)cc1)C12CC3CC(CC(C3)C1)C2. The fraction of sp³-hybridized carbons (Fsp3) is 0.650. The van der Waals surface area contributed by atoms with Crippen molar-refractivity contribution in [1.82, 2.24) is 5.32 Å². The van der Waals surface area contributed by atoms with E-state index in [-0.39, 0.29) is 23.1 Å². The molecule has 0 aromatic heterocycles. The first-order valence-corrected chi connectivity index (χ1v) is 9.39. The van der Waals surface area contributed by atoms with Crippen molar-refractivity contribution in [2.75, 3.05) is 0 Å². The van der Waals surface area contributed by atoms with Crippen LogP contribution >= 0.6 is 0 Å². The molecule has 0 spiro atoms. The van der Waals surface area contributed by atoms with Gasteiger partial charge in [0.25, 0.3) is 5.91 Å². The number of nitrogens with one attached hydrogen (secondary N) is 1. The fourth-order valence-electron chi connectivity index (χ4n) is 5.95. The molecule has 3 nitrogen and oxygen atoms in total. The van der Waals surface area contributed by atoms with Crippen molar-refractivity contribution in [3.63, 3.8) is 0 Å². The lowest BCUT2D eigenvalue weighted by Gasteiger charge is -2.59. The summed E-state index contributed by atoms with van der Waals surface area (Å²) >= 11 is 0. The van der Waals surface area contributed by atoms with Gasteiger partial charge in [-0.1, -0.05) is 0 Å². The number of rotatable bonds is 4. The Hall–Kier alpha value is -1.72. The van der Waals surface area contributed by atoms with Crippen molar-refractivity contribution < 1.29 is 22.7 Å². The Bertz CT molecular complexity index is 648. The summed E-state index contributed by atoms with van der Waals surface area (Å²) in [4.78, 5) is 12.6. The first-order chi connectivity index (χ1) is 12.2. The molecule has 1 unspecified atom stereocenters. The number of carbonyl (C=O) groups excluding carboxylic acids is 1. The molecule has 1 atom stereocenters. The molecule has 4 saturated carbocycles. The van der Waals surface area contributed by atoms with Gasteiger partial charge in [0, 0.05) is 11.6 Å². The average molecular weight is 367 g/mol. The average Bonchev–Trinajstić information content (AvgIpc) is 2.52. The Morgan fingerprint density at radius 3 is 2.04 bits per heavy atom. The Balaban J connectivity index is 1.41. The molecule has 4 fully saturated rings. The van der Waals surface area contributed by atoms with E-state index in [0.717, 1.165) is 17.8 Å². The second-order valence-electron chi connectivity index (χ2n) is 8.55. The van der Waals surface area contributed by atoms with Crippen LogP contribution < -0.4 is 10.1 Å². The lowest BCUT2D eigenvalue weighted by atomic mass is 9.48. The van der Waals surface area contributed by atoms with Crippen molar-refractivity contribution in [2.45, 2.75) is 57.9 Å². The van der Waals surface area contributed by atoms with Crippen LogP contribution in [0.15, 0.2) is 24.3 Å². The normalized spacial score (nSPS) is 33.8. The lowest BCUT2D eigenvalue weighted by Crippen LogP contribution is -2.55. The van der Waals surface area contributed by atoms with E-state index < -0.39 is 6.36 Å². The van der Waals surface area contributed by atoms with Crippen LogP contribution in [0.5, 0.6) is 5.75 Å². The van der Waals surface area contributed by atoms with E-state index >= 15 is 0 Å². The maximum absolute atomic E-state index is 12.6. The molecular formula is C20H24F3NO2. The van der Waals surface area contributed by atoms with E-state index in [1.165, 1.54) is 62.8 Å². The fourth-order valence-corrected chi connectivity index (χ4v) is 5.95. The van der Waals surface area contributed by atoms with Gasteiger partial charge in [0.15, 0.2) is 0 Å². The van der Waals surface area contributed by atoms with Gasteiger partial charge in [0.1, 0.15) is 5.75 Å². The zero-order chi connectivity index (χ0) is 18.5. The molecule has 4 aliphatic carbocycles. The van der Waals surface area contributed by atoms with Gasteiger partial charge in [-0.05, 0) is 92.9 Å². The summed E-state index contributed by atoms with van der Waals surface area (Å²) in [6.07, 6.45) is 2.90. The molecule has 1 N–H and O–H groups in total.